The molecule has 19 heavy (non-hydrogen) atoms. The lowest BCUT2D eigenvalue weighted by Gasteiger charge is -2.29. The highest BCUT2D eigenvalue weighted by atomic mass is 79.9. The minimum absolute atomic E-state index is 0.235. The molecule has 2 rings (SSSR count). The molecule has 104 valence electrons. The standard InChI is InChI=1S/C16H21BrO2/c1-19-16(10-4-2-3-5-11-16)15(18)12-13-6-8-14(17)9-7-13/h6-9H,2-5,10-12H2,1H3. The molecule has 0 aromatic heterocycles. The van der Waals surface area contributed by atoms with E-state index in [-0.39, 0.29) is 5.78 Å². The van der Waals surface area contributed by atoms with E-state index >= 15 is 0 Å². The minimum Gasteiger partial charge on any atom is -0.370 e. The van der Waals surface area contributed by atoms with E-state index in [4.69, 9.17) is 4.74 Å². The number of ether oxygens (including phenoxy) is 1. The lowest BCUT2D eigenvalue weighted by atomic mass is 9.86. The van der Waals surface area contributed by atoms with Gasteiger partial charge in [0.15, 0.2) is 5.78 Å². The largest absolute Gasteiger partial charge is 0.370 e. The molecular weight excluding hydrogens is 304 g/mol. The van der Waals surface area contributed by atoms with Crippen LogP contribution in [-0.4, -0.2) is 18.5 Å². The van der Waals surface area contributed by atoms with Crippen molar-refractivity contribution in [1.29, 1.82) is 0 Å². The third kappa shape index (κ3) is 3.67. The molecular formula is C16H21BrO2. The number of carbonyl (C=O) groups is 1. The van der Waals surface area contributed by atoms with Gasteiger partial charge in [-0.15, -0.1) is 0 Å². The van der Waals surface area contributed by atoms with Gasteiger partial charge in [0.25, 0.3) is 0 Å². The molecule has 0 amide bonds. The van der Waals surface area contributed by atoms with Crippen LogP contribution < -0.4 is 0 Å². The number of methoxy groups -OCH3 is 1. The molecule has 0 atom stereocenters. The average Bonchev–Trinajstić information content (AvgIpc) is 2.67. The van der Waals surface area contributed by atoms with Gasteiger partial charge < -0.3 is 4.74 Å². The predicted molar refractivity (Wildman–Crippen MR) is 80.3 cm³/mol. The first-order chi connectivity index (χ1) is 9.16. The third-order valence-corrected chi connectivity index (χ3v) is 4.62. The van der Waals surface area contributed by atoms with Crippen LogP contribution in [0.4, 0.5) is 0 Å². The van der Waals surface area contributed by atoms with Crippen molar-refractivity contribution in [3.8, 4) is 0 Å². The molecule has 0 spiro atoms. The van der Waals surface area contributed by atoms with E-state index < -0.39 is 5.60 Å². The van der Waals surface area contributed by atoms with E-state index in [0.29, 0.717) is 6.42 Å². The number of hydrogen-bond donors (Lipinski definition) is 0. The van der Waals surface area contributed by atoms with Crippen LogP contribution in [-0.2, 0) is 16.0 Å². The molecule has 2 nitrogen and oxygen atoms in total. The molecule has 1 aromatic carbocycles. The van der Waals surface area contributed by atoms with Crippen LogP contribution in [0.25, 0.3) is 0 Å². The summed E-state index contributed by atoms with van der Waals surface area (Å²) in [6.07, 6.45) is 6.85. The van der Waals surface area contributed by atoms with Crippen molar-refractivity contribution in [1.82, 2.24) is 0 Å². The molecule has 3 heteroatoms. The van der Waals surface area contributed by atoms with Gasteiger partial charge in [-0.3, -0.25) is 4.79 Å². The van der Waals surface area contributed by atoms with Crippen LogP contribution in [0.15, 0.2) is 28.7 Å². The van der Waals surface area contributed by atoms with Gasteiger partial charge in [0.2, 0.25) is 0 Å². The van der Waals surface area contributed by atoms with Crippen LogP contribution in [0.2, 0.25) is 0 Å². The molecule has 1 aliphatic carbocycles. The summed E-state index contributed by atoms with van der Waals surface area (Å²) in [7, 11) is 1.69. The lowest BCUT2D eigenvalue weighted by Crippen LogP contribution is -2.41. The smallest absolute Gasteiger partial charge is 0.168 e. The molecule has 1 aliphatic rings. The van der Waals surface area contributed by atoms with Crippen LogP contribution in [0.5, 0.6) is 0 Å². The van der Waals surface area contributed by atoms with Crippen LogP contribution in [0, 0.1) is 0 Å². The van der Waals surface area contributed by atoms with Gasteiger partial charge in [0.1, 0.15) is 5.60 Å². The molecule has 0 aliphatic heterocycles. The Morgan fingerprint density at radius 1 is 1.16 bits per heavy atom. The van der Waals surface area contributed by atoms with Crippen LogP contribution in [0.3, 0.4) is 0 Å². The topological polar surface area (TPSA) is 26.3 Å². The van der Waals surface area contributed by atoms with Crippen LogP contribution >= 0.6 is 15.9 Å². The zero-order valence-corrected chi connectivity index (χ0v) is 13.0. The molecule has 0 bridgehead atoms. The van der Waals surface area contributed by atoms with Gasteiger partial charge in [0.05, 0.1) is 0 Å². The van der Waals surface area contributed by atoms with E-state index in [1.54, 1.807) is 7.11 Å². The van der Waals surface area contributed by atoms with Gasteiger partial charge >= 0.3 is 0 Å². The number of hydrogen-bond acceptors (Lipinski definition) is 2. The Labute approximate surface area is 123 Å². The summed E-state index contributed by atoms with van der Waals surface area (Å²) in [5.74, 6) is 0.235. The highest BCUT2D eigenvalue weighted by Crippen LogP contribution is 2.32. The first-order valence-corrected chi connectivity index (χ1v) is 7.78. The summed E-state index contributed by atoms with van der Waals surface area (Å²) in [6.45, 7) is 0. The van der Waals surface area contributed by atoms with Gasteiger partial charge in [-0.05, 0) is 30.5 Å². The third-order valence-electron chi connectivity index (χ3n) is 4.09. The minimum atomic E-state index is -0.538. The quantitative estimate of drug-likeness (QED) is 0.772. The highest BCUT2D eigenvalue weighted by molar-refractivity contribution is 9.10. The zero-order chi connectivity index (χ0) is 13.7. The molecule has 0 saturated heterocycles. The maximum atomic E-state index is 12.6. The molecule has 0 radical (unpaired) electrons. The number of benzene rings is 1. The lowest BCUT2D eigenvalue weighted by molar-refractivity contribution is -0.142. The zero-order valence-electron chi connectivity index (χ0n) is 11.5. The van der Waals surface area contributed by atoms with Crippen molar-refractivity contribution >= 4 is 21.7 Å². The van der Waals surface area contributed by atoms with Gasteiger partial charge in [-0.1, -0.05) is 53.7 Å². The number of ketones is 1. The molecule has 1 saturated carbocycles. The van der Waals surface area contributed by atoms with E-state index in [1.807, 2.05) is 24.3 Å². The molecule has 0 unspecified atom stereocenters. The SMILES string of the molecule is COC1(C(=O)Cc2ccc(Br)cc2)CCCCCC1. The van der Waals surface area contributed by atoms with Crippen molar-refractivity contribution in [2.24, 2.45) is 0 Å². The Bertz CT molecular complexity index is 417. The number of Topliss-reactive ketones (excluding diaryl/α,β-unsaturated/α-hetero) is 1. The molecule has 0 N–H and O–H groups in total. The van der Waals surface area contributed by atoms with E-state index in [0.717, 1.165) is 35.7 Å². The monoisotopic (exact) mass is 324 g/mol. The van der Waals surface area contributed by atoms with E-state index in [1.165, 1.54) is 12.8 Å². The second kappa shape index (κ2) is 6.67. The second-order valence-electron chi connectivity index (χ2n) is 5.34. The van der Waals surface area contributed by atoms with Crippen molar-refractivity contribution < 1.29 is 9.53 Å². The highest BCUT2D eigenvalue weighted by Gasteiger charge is 2.37. The number of rotatable bonds is 4. The van der Waals surface area contributed by atoms with Gasteiger partial charge in [-0.2, -0.15) is 0 Å². The Kier molecular flexibility index (Phi) is 5.17. The van der Waals surface area contributed by atoms with Crippen molar-refractivity contribution in [3.63, 3.8) is 0 Å². The summed E-state index contributed by atoms with van der Waals surface area (Å²) in [5, 5.41) is 0. The summed E-state index contributed by atoms with van der Waals surface area (Å²) in [5.41, 5.74) is 0.526. The average molecular weight is 325 g/mol. The summed E-state index contributed by atoms with van der Waals surface area (Å²) in [6, 6.07) is 7.97. The molecule has 0 heterocycles. The van der Waals surface area contributed by atoms with Gasteiger partial charge in [-0.25, -0.2) is 0 Å². The van der Waals surface area contributed by atoms with Crippen molar-refractivity contribution in [2.75, 3.05) is 7.11 Å². The van der Waals surface area contributed by atoms with Crippen LogP contribution in [0.1, 0.15) is 44.1 Å². The van der Waals surface area contributed by atoms with Crippen molar-refractivity contribution in [2.45, 2.75) is 50.5 Å². The maximum Gasteiger partial charge on any atom is 0.168 e. The first-order valence-electron chi connectivity index (χ1n) is 6.99. The first kappa shape index (κ1) is 14.7. The Balaban J connectivity index is 2.09. The summed E-state index contributed by atoms with van der Waals surface area (Å²) in [4.78, 5) is 12.6. The Morgan fingerprint density at radius 2 is 1.74 bits per heavy atom. The maximum absolute atomic E-state index is 12.6. The Hall–Kier alpha value is -0.670. The normalized spacial score (nSPS) is 18.8. The summed E-state index contributed by atoms with van der Waals surface area (Å²) < 4.78 is 6.70. The Morgan fingerprint density at radius 3 is 2.26 bits per heavy atom. The second-order valence-corrected chi connectivity index (χ2v) is 6.25. The predicted octanol–water partition coefficient (Wildman–Crippen LogP) is 4.30. The number of halogens is 1. The van der Waals surface area contributed by atoms with E-state index in [9.17, 15) is 4.79 Å². The van der Waals surface area contributed by atoms with Crippen molar-refractivity contribution in [3.05, 3.63) is 34.3 Å². The summed E-state index contributed by atoms with van der Waals surface area (Å²) >= 11 is 3.41. The fourth-order valence-corrected chi connectivity index (χ4v) is 3.11. The molecule has 1 aromatic rings. The number of carbonyl (C=O) groups excluding carboxylic acids is 1. The van der Waals surface area contributed by atoms with Gasteiger partial charge in [0, 0.05) is 18.0 Å². The van der Waals surface area contributed by atoms with E-state index in [2.05, 4.69) is 15.9 Å². The fraction of sp³-hybridized carbons (Fsp3) is 0.562. The fourth-order valence-electron chi connectivity index (χ4n) is 2.85. The molecule has 1 fully saturated rings.